The first kappa shape index (κ1) is 23.5. The summed E-state index contributed by atoms with van der Waals surface area (Å²) in [7, 11) is -3.86. The molecule has 10 heteroatoms. The van der Waals surface area contributed by atoms with Crippen molar-refractivity contribution in [2.24, 2.45) is 0 Å². The predicted molar refractivity (Wildman–Crippen MR) is 126 cm³/mol. The molecule has 1 fully saturated rings. The van der Waals surface area contributed by atoms with E-state index in [1.165, 1.54) is 30.3 Å². The van der Waals surface area contributed by atoms with Crippen molar-refractivity contribution in [2.75, 3.05) is 11.3 Å². The van der Waals surface area contributed by atoms with E-state index < -0.39 is 16.0 Å². The number of rotatable bonds is 8. The average molecular weight is 498 g/mol. The van der Waals surface area contributed by atoms with E-state index in [2.05, 4.69) is 9.71 Å². The van der Waals surface area contributed by atoms with Gasteiger partial charge in [-0.3, -0.25) is 4.72 Å². The minimum absolute atomic E-state index is 0.0346. The molecule has 1 aromatic heterocycles. The van der Waals surface area contributed by atoms with Crippen molar-refractivity contribution < 1.29 is 22.7 Å². The number of hydrogen-bond acceptors (Lipinski definition) is 7. The van der Waals surface area contributed by atoms with Crippen molar-refractivity contribution in [3.8, 4) is 17.7 Å². The third kappa shape index (κ3) is 5.30. The quantitative estimate of drug-likeness (QED) is 0.422. The zero-order valence-electron chi connectivity index (χ0n) is 18.1. The Morgan fingerprint density at radius 1 is 1.21 bits per heavy atom. The lowest BCUT2D eigenvalue weighted by Crippen LogP contribution is -2.13. The molecule has 174 valence electrons. The fraction of sp³-hybridized carbons (Fsp3) is 0.208. The van der Waals surface area contributed by atoms with Crippen molar-refractivity contribution in [1.82, 2.24) is 4.98 Å². The van der Waals surface area contributed by atoms with Gasteiger partial charge in [-0.25, -0.2) is 18.2 Å². The van der Waals surface area contributed by atoms with Gasteiger partial charge in [0.15, 0.2) is 0 Å². The number of sulfonamides is 1. The number of ether oxygens (including phenoxy) is 2. The number of carbonyl (C=O) groups excluding carboxylic acids is 1. The van der Waals surface area contributed by atoms with Gasteiger partial charge in [-0.15, -0.1) is 0 Å². The van der Waals surface area contributed by atoms with Gasteiger partial charge in [0.05, 0.1) is 22.8 Å². The molecule has 0 unspecified atom stereocenters. The van der Waals surface area contributed by atoms with E-state index in [4.69, 9.17) is 21.1 Å². The second-order valence-electron chi connectivity index (χ2n) is 7.57. The number of halogens is 1. The number of aromatic nitrogens is 1. The van der Waals surface area contributed by atoms with Crippen molar-refractivity contribution in [3.63, 3.8) is 0 Å². The Bertz CT molecular complexity index is 1380. The first-order valence-corrected chi connectivity index (χ1v) is 12.4. The van der Waals surface area contributed by atoms with Crippen LogP contribution < -0.4 is 9.46 Å². The molecule has 0 atom stereocenters. The number of nitrogens with zero attached hydrogens (tertiary/aromatic N) is 2. The number of nitriles is 1. The minimum Gasteiger partial charge on any atom is -0.462 e. The van der Waals surface area contributed by atoms with Gasteiger partial charge in [-0.05, 0) is 62.2 Å². The minimum atomic E-state index is -3.86. The Morgan fingerprint density at radius 2 is 1.94 bits per heavy atom. The third-order valence-electron chi connectivity index (χ3n) is 5.03. The second-order valence-corrected chi connectivity index (χ2v) is 9.69. The molecule has 8 nitrogen and oxygen atoms in total. The van der Waals surface area contributed by atoms with Gasteiger partial charge in [-0.2, -0.15) is 5.26 Å². The molecule has 0 saturated heterocycles. The number of benzene rings is 2. The third-order valence-corrected chi connectivity index (χ3v) is 6.68. The van der Waals surface area contributed by atoms with Crippen LogP contribution in [0.1, 0.15) is 47.3 Å². The summed E-state index contributed by atoms with van der Waals surface area (Å²) in [5.74, 6) is -0.228. The van der Waals surface area contributed by atoms with Gasteiger partial charge in [0.2, 0.25) is 5.88 Å². The predicted octanol–water partition coefficient (Wildman–Crippen LogP) is 5.25. The van der Waals surface area contributed by atoms with Crippen LogP contribution in [0.25, 0.3) is 0 Å². The molecule has 1 aliphatic carbocycles. The Morgan fingerprint density at radius 3 is 2.59 bits per heavy atom. The van der Waals surface area contributed by atoms with Crippen molar-refractivity contribution in [2.45, 2.75) is 30.6 Å². The highest BCUT2D eigenvalue weighted by Gasteiger charge is 2.29. The van der Waals surface area contributed by atoms with Crippen LogP contribution in [0.15, 0.2) is 59.5 Å². The Hall–Kier alpha value is -3.61. The summed E-state index contributed by atoms with van der Waals surface area (Å²) >= 11 is 5.84. The highest BCUT2D eigenvalue weighted by atomic mass is 35.5. The first-order chi connectivity index (χ1) is 16.3. The zero-order chi connectivity index (χ0) is 24.3. The van der Waals surface area contributed by atoms with E-state index in [-0.39, 0.29) is 45.9 Å². The fourth-order valence-corrected chi connectivity index (χ4v) is 4.42. The Kier molecular flexibility index (Phi) is 6.72. The summed E-state index contributed by atoms with van der Waals surface area (Å²) in [6.07, 6.45) is 1.87. The maximum atomic E-state index is 12.7. The average Bonchev–Trinajstić information content (AvgIpc) is 3.64. The molecule has 4 rings (SSSR count). The molecule has 0 bridgehead atoms. The summed E-state index contributed by atoms with van der Waals surface area (Å²) in [4.78, 5) is 17.0. The first-order valence-electron chi connectivity index (χ1n) is 10.5. The Balaban J connectivity index is 1.64. The number of hydrogen-bond donors (Lipinski definition) is 1. The molecule has 3 aromatic rings. The molecule has 1 aliphatic rings. The van der Waals surface area contributed by atoms with Crippen LogP contribution in [-0.2, 0) is 14.8 Å². The summed E-state index contributed by atoms with van der Waals surface area (Å²) in [6, 6.07) is 15.5. The number of carbonyl (C=O) groups is 1. The summed E-state index contributed by atoms with van der Waals surface area (Å²) in [6.45, 7) is 1.84. The van der Waals surface area contributed by atoms with Crippen LogP contribution in [0.2, 0.25) is 5.02 Å². The Labute approximate surface area is 202 Å². The number of pyridine rings is 1. The summed E-state index contributed by atoms with van der Waals surface area (Å²) < 4.78 is 38.8. The molecule has 0 aliphatic heterocycles. The van der Waals surface area contributed by atoms with E-state index in [0.717, 1.165) is 12.8 Å². The van der Waals surface area contributed by atoms with Gasteiger partial charge in [-0.1, -0.05) is 17.7 Å². The highest BCUT2D eigenvalue weighted by Crippen LogP contribution is 2.41. The zero-order valence-corrected chi connectivity index (χ0v) is 19.7. The monoisotopic (exact) mass is 497 g/mol. The lowest BCUT2D eigenvalue weighted by atomic mass is 10.1. The number of nitrogens with one attached hydrogen (secondary N) is 1. The molecular formula is C24H20ClN3O5S. The van der Waals surface area contributed by atoms with Crippen LogP contribution in [0, 0.1) is 11.3 Å². The molecule has 0 spiro atoms. The van der Waals surface area contributed by atoms with Crippen LogP contribution in [0.4, 0.5) is 5.69 Å². The van der Waals surface area contributed by atoms with Gasteiger partial charge in [0.1, 0.15) is 17.4 Å². The maximum Gasteiger partial charge on any atom is 0.339 e. The molecule has 2 aromatic carbocycles. The van der Waals surface area contributed by atoms with E-state index in [1.807, 2.05) is 6.07 Å². The fourth-order valence-electron chi connectivity index (χ4n) is 3.24. The van der Waals surface area contributed by atoms with Crippen LogP contribution in [0.3, 0.4) is 0 Å². The number of anilines is 1. The largest absolute Gasteiger partial charge is 0.462 e. The van der Waals surface area contributed by atoms with E-state index in [0.29, 0.717) is 10.7 Å². The highest BCUT2D eigenvalue weighted by molar-refractivity contribution is 7.92. The van der Waals surface area contributed by atoms with Crippen molar-refractivity contribution >= 4 is 33.3 Å². The van der Waals surface area contributed by atoms with E-state index in [1.54, 1.807) is 31.2 Å². The molecule has 0 radical (unpaired) electrons. The van der Waals surface area contributed by atoms with Gasteiger partial charge in [0.25, 0.3) is 10.0 Å². The molecule has 1 N–H and O–H groups in total. The second kappa shape index (κ2) is 9.71. The molecule has 0 amide bonds. The van der Waals surface area contributed by atoms with Gasteiger partial charge >= 0.3 is 5.97 Å². The maximum absolute atomic E-state index is 12.7. The van der Waals surface area contributed by atoms with Crippen LogP contribution >= 0.6 is 11.6 Å². The topological polar surface area (TPSA) is 118 Å². The van der Waals surface area contributed by atoms with Gasteiger partial charge < -0.3 is 9.47 Å². The van der Waals surface area contributed by atoms with Crippen LogP contribution in [-0.4, -0.2) is 26.0 Å². The van der Waals surface area contributed by atoms with E-state index >= 15 is 0 Å². The smallest absolute Gasteiger partial charge is 0.339 e. The summed E-state index contributed by atoms with van der Waals surface area (Å²) in [5, 5.41) is 10.1. The van der Waals surface area contributed by atoms with Crippen LogP contribution in [0.5, 0.6) is 11.6 Å². The SMILES string of the molecule is CCOC(=O)c1cc(C2CC2)nc(Oc2cccc(NS(=O)(=O)c3ccc(Cl)cc3)c2)c1C#N. The van der Waals surface area contributed by atoms with E-state index in [9.17, 15) is 18.5 Å². The molecule has 1 saturated carbocycles. The molecular weight excluding hydrogens is 478 g/mol. The normalized spacial score (nSPS) is 13.1. The molecule has 1 heterocycles. The van der Waals surface area contributed by atoms with Crippen molar-refractivity contribution in [3.05, 3.63) is 76.4 Å². The summed E-state index contributed by atoms with van der Waals surface area (Å²) in [5.41, 5.74) is 0.942. The standard InChI is InChI=1S/C24H20ClN3O5S/c1-2-32-24(29)20-13-22(15-6-7-15)27-23(21(20)14-26)33-18-5-3-4-17(12-18)28-34(30,31)19-10-8-16(25)9-11-19/h3-5,8-13,15,28H,2,6-7H2,1H3. The van der Waals surface area contributed by atoms with Gasteiger partial charge in [0, 0.05) is 22.7 Å². The lowest BCUT2D eigenvalue weighted by molar-refractivity contribution is 0.0525. The lowest BCUT2D eigenvalue weighted by Gasteiger charge is -2.13. The number of esters is 1. The molecule has 34 heavy (non-hydrogen) atoms. The van der Waals surface area contributed by atoms with Crippen molar-refractivity contribution in [1.29, 1.82) is 5.26 Å².